The van der Waals surface area contributed by atoms with E-state index in [1.54, 1.807) is 6.07 Å². The zero-order chi connectivity index (χ0) is 13.3. The van der Waals surface area contributed by atoms with Gasteiger partial charge in [0.2, 0.25) is 0 Å². The van der Waals surface area contributed by atoms with Crippen LogP contribution in [-0.2, 0) is 0 Å². The number of nitrogens with zero attached hydrogens (tertiary/aromatic N) is 1. The van der Waals surface area contributed by atoms with Crippen LogP contribution in [0.25, 0.3) is 10.9 Å². The van der Waals surface area contributed by atoms with E-state index in [9.17, 15) is 9.90 Å². The molecule has 1 N–H and O–H groups in total. The molecule has 0 aliphatic carbocycles. The fourth-order valence-corrected chi connectivity index (χ4v) is 2.00. The number of fused-ring (bicyclic) bond motifs is 1. The first-order valence-electron chi connectivity index (χ1n) is 6.17. The first-order valence-corrected chi connectivity index (χ1v) is 6.17. The van der Waals surface area contributed by atoms with E-state index in [0.29, 0.717) is 5.56 Å². The van der Waals surface area contributed by atoms with Crippen LogP contribution in [0.3, 0.4) is 0 Å². The lowest BCUT2D eigenvalue weighted by atomic mass is 9.99. The number of benzene rings is 1. The minimum absolute atomic E-state index is 0.272. The number of carboxylic acids is 1. The number of aromatic carboxylic acids is 1. The monoisotopic (exact) mass is 243 g/mol. The Morgan fingerprint density at radius 2 is 2.11 bits per heavy atom. The number of carbonyl (C=O) groups is 1. The third-order valence-electron chi connectivity index (χ3n) is 3.33. The first-order chi connectivity index (χ1) is 8.52. The third-order valence-corrected chi connectivity index (χ3v) is 3.33. The van der Waals surface area contributed by atoms with Crippen LogP contribution in [0.15, 0.2) is 24.3 Å². The molecule has 3 nitrogen and oxygen atoms in total. The van der Waals surface area contributed by atoms with Gasteiger partial charge in [-0.25, -0.2) is 4.79 Å². The Bertz CT molecular complexity index is 605. The Hall–Kier alpha value is -1.90. The molecule has 94 valence electrons. The van der Waals surface area contributed by atoms with Crippen LogP contribution >= 0.6 is 0 Å². The van der Waals surface area contributed by atoms with Crippen LogP contribution in [0.2, 0.25) is 0 Å². The second kappa shape index (κ2) is 4.77. The first kappa shape index (κ1) is 12.6. The molecule has 1 heterocycles. The maximum Gasteiger partial charge on any atom is 0.336 e. The second-order valence-electron chi connectivity index (χ2n) is 4.73. The van der Waals surface area contributed by atoms with Gasteiger partial charge in [0.1, 0.15) is 0 Å². The molecule has 2 rings (SSSR count). The molecule has 0 fully saturated rings. The summed E-state index contributed by atoms with van der Waals surface area (Å²) in [7, 11) is 0. The topological polar surface area (TPSA) is 50.2 Å². The van der Waals surface area contributed by atoms with Gasteiger partial charge in [0.15, 0.2) is 0 Å². The summed E-state index contributed by atoms with van der Waals surface area (Å²) in [6, 6.07) is 7.44. The number of aromatic nitrogens is 1. The van der Waals surface area contributed by atoms with Gasteiger partial charge in [0.25, 0.3) is 0 Å². The zero-order valence-electron chi connectivity index (χ0n) is 10.9. The number of hydrogen-bond donors (Lipinski definition) is 1. The zero-order valence-corrected chi connectivity index (χ0v) is 10.9. The second-order valence-corrected chi connectivity index (χ2v) is 4.73. The highest BCUT2D eigenvalue weighted by Gasteiger charge is 2.14. The van der Waals surface area contributed by atoms with Crippen molar-refractivity contribution >= 4 is 16.9 Å². The molecular formula is C15H17NO2. The lowest BCUT2D eigenvalue weighted by Gasteiger charge is -2.11. The van der Waals surface area contributed by atoms with Crippen molar-refractivity contribution in [3.05, 3.63) is 41.1 Å². The van der Waals surface area contributed by atoms with E-state index in [1.807, 2.05) is 25.1 Å². The van der Waals surface area contributed by atoms with Crippen LogP contribution in [0.1, 0.15) is 47.8 Å². The van der Waals surface area contributed by atoms with Gasteiger partial charge in [-0.2, -0.15) is 0 Å². The van der Waals surface area contributed by atoms with Gasteiger partial charge in [0.05, 0.1) is 11.1 Å². The van der Waals surface area contributed by atoms with Gasteiger partial charge in [-0.1, -0.05) is 25.5 Å². The number of hydrogen-bond acceptors (Lipinski definition) is 2. The van der Waals surface area contributed by atoms with Crippen LogP contribution < -0.4 is 0 Å². The Kier molecular flexibility index (Phi) is 3.32. The molecule has 0 spiro atoms. The van der Waals surface area contributed by atoms with E-state index in [4.69, 9.17) is 0 Å². The minimum Gasteiger partial charge on any atom is -0.478 e. The lowest BCUT2D eigenvalue weighted by Crippen LogP contribution is -2.04. The van der Waals surface area contributed by atoms with Crippen LogP contribution in [0.5, 0.6) is 0 Å². The molecule has 0 saturated carbocycles. The van der Waals surface area contributed by atoms with Crippen molar-refractivity contribution in [2.75, 3.05) is 0 Å². The Labute approximate surface area is 106 Å². The molecule has 0 aliphatic rings. The third kappa shape index (κ3) is 2.21. The summed E-state index contributed by atoms with van der Waals surface area (Å²) < 4.78 is 0. The standard InChI is InChI=1S/C15H17NO2/c1-4-10(3)14-8-12(15(17)18)11-7-9(2)5-6-13(11)16-14/h5-8,10H,4H2,1-3H3,(H,17,18). The number of carboxylic acid groups (broad SMARTS) is 1. The predicted molar refractivity (Wildman–Crippen MR) is 72.1 cm³/mol. The van der Waals surface area contributed by atoms with Gasteiger partial charge in [0, 0.05) is 11.1 Å². The Morgan fingerprint density at radius 3 is 2.72 bits per heavy atom. The summed E-state index contributed by atoms with van der Waals surface area (Å²) in [5.74, 6) is -0.619. The van der Waals surface area contributed by atoms with Gasteiger partial charge >= 0.3 is 5.97 Å². The maximum absolute atomic E-state index is 11.4. The van der Waals surface area contributed by atoms with Gasteiger partial charge < -0.3 is 5.11 Å². The highest BCUT2D eigenvalue weighted by molar-refractivity contribution is 6.02. The highest BCUT2D eigenvalue weighted by Crippen LogP contribution is 2.25. The molecule has 2 aromatic rings. The van der Waals surface area contributed by atoms with Gasteiger partial charge in [-0.15, -0.1) is 0 Å². The number of aryl methyl sites for hydroxylation is 1. The molecule has 1 aromatic heterocycles. The SMILES string of the molecule is CCC(C)c1cc(C(=O)O)c2cc(C)ccc2n1. The average Bonchev–Trinajstić information content (AvgIpc) is 2.36. The quantitative estimate of drug-likeness (QED) is 0.893. The maximum atomic E-state index is 11.4. The Balaban J connectivity index is 2.74. The summed E-state index contributed by atoms with van der Waals surface area (Å²) in [4.78, 5) is 15.9. The molecule has 0 radical (unpaired) electrons. The molecule has 0 bridgehead atoms. The lowest BCUT2D eigenvalue weighted by molar-refractivity contribution is 0.0699. The van der Waals surface area contributed by atoms with Crippen molar-refractivity contribution in [2.45, 2.75) is 33.1 Å². The fourth-order valence-electron chi connectivity index (χ4n) is 2.00. The van der Waals surface area contributed by atoms with E-state index >= 15 is 0 Å². The smallest absolute Gasteiger partial charge is 0.336 e. The van der Waals surface area contributed by atoms with Crippen molar-refractivity contribution in [3.8, 4) is 0 Å². The molecular weight excluding hydrogens is 226 g/mol. The summed E-state index contributed by atoms with van der Waals surface area (Å²) in [6.45, 7) is 6.09. The Morgan fingerprint density at radius 1 is 1.39 bits per heavy atom. The molecule has 1 aromatic carbocycles. The number of rotatable bonds is 3. The van der Waals surface area contributed by atoms with Gasteiger partial charge in [-0.3, -0.25) is 4.98 Å². The number of pyridine rings is 1. The van der Waals surface area contributed by atoms with Crippen LogP contribution in [-0.4, -0.2) is 16.1 Å². The molecule has 1 unspecified atom stereocenters. The normalized spacial score (nSPS) is 12.6. The van der Waals surface area contributed by atoms with E-state index in [0.717, 1.165) is 28.6 Å². The van der Waals surface area contributed by atoms with Gasteiger partial charge in [-0.05, 0) is 37.5 Å². The fraction of sp³-hybridized carbons (Fsp3) is 0.333. The molecule has 0 amide bonds. The van der Waals surface area contributed by atoms with Crippen molar-refractivity contribution in [1.82, 2.24) is 4.98 Å². The van der Waals surface area contributed by atoms with E-state index in [2.05, 4.69) is 18.8 Å². The summed E-state index contributed by atoms with van der Waals surface area (Å²) in [6.07, 6.45) is 0.948. The molecule has 18 heavy (non-hydrogen) atoms. The van der Waals surface area contributed by atoms with Crippen molar-refractivity contribution in [3.63, 3.8) is 0 Å². The van der Waals surface area contributed by atoms with E-state index in [-0.39, 0.29) is 5.92 Å². The van der Waals surface area contributed by atoms with Crippen molar-refractivity contribution in [2.24, 2.45) is 0 Å². The minimum atomic E-state index is -0.891. The molecule has 3 heteroatoms. The van der Waals surface area contributed by atoms with Crippen LogP contribution in [0.4, 0.5) is 0 Å². The van der Waals surface area contributed by atoms with E-state index < -0.39 is 5.97 Å². The summed E-state index contributed by atoms with van der Waals surface area (Å²) in [5, 5.41) is 10.0. The summed E-state index contributed by atoms with van der Waals surface area (Å²) in [5.41, 5.74) is 3.00. The highest BCUT2D eigenvalue weighted by atomic mass is 16.4. The molecule has 1 atom stereocenters. The van der Waals surface area contributed by atoms with Crippen molar-refractivity contribution < 1.29 is 9.90 Å². The largest absolute Gasteiger partial charge is 0.478 e. The van der Waals surface area contributed by atoms with Crippen LogP contribution in [0, 0.1) is 6.92 Å². The average molecular weight is 243 g/mol. The summed E-state index contributed by atoms with van der Waals surface area (Å²) >= 11 is 0. The van der Waals surface area contributed by atoms with Crippen molar-refractivity contribution in [1.29, 1.82) is 0 Å². The molecule has 0 aliphatic heterocycles. The molecule has 0 saturated heterocycles. The predicted octanol–water partition coefficient (Wildman–Crippen LogP) is 3.75. The van der Waals surface area contributed by atoms with E-state index in [1.165, 1.54) is 0 Å².